The molecule has 0 aromatic heterocycles. The van der Waals surface area contributed by atoms with Gasteiger partial charge in [-0.15, -0.1) is 0 Å². The van der Waals surface area contributed by atoms with Gasteiger partial charge in [0.1, 0.15) is 11.8 Å². The Morgan fingerprint density at radius 3 is 2.17 bits per heavy atom. The summed E-state index contributed by atoms with van der Waals surface area (Å²) >= 11 is 0. The molecule has 0 saturated heterocycles. The van der Waals surface area contributed by atoms with Crippen molar-refractivity contribution in [1.82, 2.24) is 10.0 Å². The van der Waals surface area contributed by atoms with Crippen LogP contribution in [0.2, 0.25) is 0 Å². The van der Waals surface area contributed by atoms with Gasteiger partial charge in [0, 0.05) is 5.56 Å². The number of nitrogens with one attached hydrogen (secondary N) is 2. The maximum absolute atomic E-state index is 13.0. The Morgan fingerprint density at radius 2 is 1.60 bits per heavy atom. The van der Waals surface area contributed by atoms with Gasteiger partial charge in [0.15, 0.2) is 0 Å². The van der Waals surface area contributed by atoms with Crippen LogP contribution in [0.25, 0.3) is 0 Å². The zero-order chi connectivity index (χ0) is 22.5. The van der Waals surface area contributed by atoms with Gasteiger partial charge in [-0.3, -0.25) is 4.79 Å². The second-order valence-electron chi connectivity index (χ2n) is 8.09. The lowest BCUT2D eigenvalue weighted by molar-refractivity contribution is -0.123. The van der Waals surface area contributed by atoms with Crippen LogP contribution in [0.3, 0.4) is 0 Å². The van der Waals surface area contributed by atoms with Gasteiger partial charge in [-0.2, -0.15) is 4.72 Å². The topological polar surface area (TPSA) is 84.5 Å². The van der Waals surface area contributed by atoms with E-state index in [1.165, 1.54) is 0 Å². The van der Waals surface area contributed by atoms with Gasteiger partial charge in [0.2, 0.25) is 15.9 Å². The first-order valence-corrected chi connectivity index (χ1v) is 11.6. The number of benzene rings is 2. The molecule has 0 fully saturated rings. The van der Waals surface area contributed by atoms with E-state index < -0.39 is 16.1 Å². The van der Waals surface area contributed by atoms with E-state index in [1.54, 1.807) is 31.4 Å². The van der Waals surface area contributed by atoms with Crippen LogP contribution in [0.1, 0.15) is 49.9 Å². The average molecular weight is 433 g/mol. The van der Waals surface area contributed by atoms with E-state index in [0.717, 1.165) is 16.7 Å². The third-order valence-electron chi connectivity index (χ3n) is 4.86. The normalized spacial score (nSPS) is 13.7. The lowest BCUT2D eigenvalue weighted by Gasteiger charge is -2.24. The number of hydrogen-bond donors (Lipinski definition) is 2. The van der Waals surface area contributed by atoms with E-state index >= 15 is 0 Å². The summed E-state index contributed by atoms with van der Waals surface area (Å²) in [6.07, 6.45) is 0.384. The summed E-state index contributed by atoms with van der Waals surface area (Å²) in [5.74, 6) is 0.440. The number of sulfonamides is 1. The molecule has 0 bridgehead atoms. The lowest BCUT2D eigenvalue weighted by atomic mass is 10.0. The predicted octanol–water partition coefficient (Wildman–Crippen LogP) is 3.88. The summed E-state index contributed by atoms with van der Waals surface area (Å²) in [7, 11) is -2.24. The van der Waals surface area contributed by atoms with Crippen LogP contribution in [0.4, 0.5) is 0 Å². The van der Waals surface area contributed by atoms with Crippen molar-refractivity contribution in [1.29, 1.82) is 0 Å². The van der Waals surface area contributed by atoms with Gasteiger partial charge in [-0.1, -0.05) is 49.2 Å². The van der Waals surface area contributed by atoms with Crippen molar-refractivity contribution in [2.45, 2.75) is 58.0 Å². The smallest absolute Gasteiger partial charge is 0.241 e. The Morgan fingerprint density at radius 1 is 1.00 bits per heavy atom. The number of amides is 1. The molecule has 2 aromatic rings. The fourth-order valence-electron chi connectivity index (χ4n) is 3.24. The molecule has 30 heavy (non-hydrogen) atoms. The maximum atomic E-state index is 13.0. The number of methoxy groups -OCH3 is 1. The minimum atomic E-state index is -3.82. The molecule has 2 aromatic carbocycles. The van der Waals surface area contributed by atoms with Crippen LogP contribution in [0, 0.1) is 19.8 Å². The van der Waals surface area contributed by atoms with Crippen molar-refractivity contribution in [2.75, 3.05) is 7.11 Å². The van der Waals surface area contributed by atoms with Crippen molar-refractivity contribution in [3.8, 4) is 5.75 Å². The summed E-state index contributed by atoms with van der Waals surface area (Å²) in [5.41, 5.74) is 2.85. The highest BCUT2D eigenvalue weighted by Crippen LogP contribution is 2.26. The molecule has 0 spiro atoms. The standard InChI is InChI=1S/C23H32N2O4S/c1-15(2)13-21(25-30(27,28)19-10-7-16(3)8-11-19)23(26)24-18(5)20-14-17(4)9-12-22(20)29-6/h7-12,14-15,18,21,25H,13H2,1-6H3,(H,24,26). The van der Waals surface area contributed by atoms with Crippen molar-refractivity contribution in [2.24, 2.45) is 5.92 Å². The van der Waals surface area contributed by atoms with E-state index in [2.05, 4.69) is 10.0 Å². The molecule has 0 aliphatic rings. The highest BCUT2D eigenvalue weighted by molar-refractivity contribution is 7.89. The SMILES string of the molecule is COc1ccc(C)cc1C(C)NC(=O)C(CC(C)C)NS(=O)(=O)c1ccc(C)cc1. The Bertz CT molecular complexity index is 969. The van der Waals surface area contributed by atoms with E-state index in [-0.39, 0.29) is 22.8 Å². The number of hydrogen-bond acceptors (Lipinski definition) is 4. The molecule has 0 aliphatic heterocycles. The summed E-state index contributed by atoms with van der Waals surface area (Å²) in [6, 6.07) is 11.1. The van der Waals surface area contributed by atoms with Gasteiger partial charge in [0.25, 0.3) is 0 Å². The first-order valence-electron chi connectivity index (χ1n) is 10.1. The van der Waals surface area contributed by atoms with Crippen LogP contribution in [0.15, 0.2) is 47.4 Å². The fraction of sp³-hybridized carbons (Fsp3) is 0.435. The highest BCUT2D eigenvalue weighted by atomic mass is 32.2. The van der Waals surface area contributed by atoms with Gasteiger partial charge >= 0.3 is 0 Å². The van der Waals surface area contributed by atoms with Gasteiger partial charge in [0.05, 0.1) is 18.0 Å². The molecule has 2 atom stereocenters. The van der Waals surface area contributed by atoms with Crippen molar-refractivity contribution < 1.29 is 17.9 Å². The first kappa shape index (κ1) is 23.9. The van der Waals surface area contributed by atoms with Crippen molar-refractivity contribution in [3.63, 3.8) is 0 Å². The number of carbonyl (C=O) groups is 1. The molecule has 2 rings (SSSR count). The third kappa shape index (κ3) is 6.31. The average Bonchev–Trinajstić information content (AvgIpc) is 2.67. The van der Waals surface area contributed by atoms with E-state index in [1.807, 2.05) is 52.8 Å². The zero-order valence-electron chi connectivity index (χ0n) is 18.5. The quantitative estimate of drug-likeness (QED) is 0.630. The molecule has 0 saturated carbocycles. The summed E-state index contributed by atoms with van der Waals surface area (Å²) < 4.78 is 33.7. The van der Waals surface area contributed by atoms with Crippen LogP contribution in [0.5, 0.6) is 5.75 Å². The second-order valence-corrected chi connectivity index (χ2v) is 9.81. The largest absolute Gasteiger partial charge is 0.496 e. The molecule has 2 unspecified atom stereocenters. The Balaban J connectivity index is 2.23. The monoisotopic (exact) mass is 432 g/mol. The molecule has 6 nitrogen and oxygen atoms in total. The third-order valence-corrected chi connectivity index (χ3v) is 6.35. The minimum absolute atomic E-state index is 0.130. The number of carbonyl (C=O) groups excluding carboxylic acids is 1. The van der Waals surface area contributed by atoms with E-state index in [4.69, 9.17) is 4.74 Å². The van der Waals surface area contributed by atoms with Gasteiger partial charge < -0.3 is 10.1 Å². The Kier molecular flexibility index (Phi) is 8.03. The summed E-state index contributed by atoms with van der Waals surface area (Å²) in [5, 5.41) is 2.94. The first-order chi connectivity index (χ1) is 14.0. The van der Waals surface area contributed by atoms with Crippen LogP contribution in [-0.4, -0.2) is 27.5 Å². The van der Waals surface area contributed by atoms with Gasteiger partial charge in [-0.05, 0) is 51.3 Å². The molecular formula is C23H32N2O4S. The van der Waals surface area contributed by atoms with Crippen LogP contribution >= 0.6 is 0 Å². The van der Waals surface area contributed by atoms with Gasteiger partial charge in [-0.25, -0.2) is 8.42 Å². The van der Waals surface area contributed by atoms with E-state index in [9.17, 15) is 13.2 Å². The Labute approximate surface area is 180 Å². The molecule has 0 radical (unpaired) electrons. The molecule has 7 heteroatoms. The number of aryl methyl sites for hydroxylation is 2. The highest BCUT2D eigenvalue weighted by Gasteiger charge is 2.28. The molecular weight excluding hydrogens is 400 g/mol. The van der Waals surface area contributed by atoms with Crippen molar-refractivity contribution in [3.05, 3.63) is 59.2 Å². The second kappa shape index (κ2) is 10.1. The molecule has 2 N–H and O–H groups in total. The summed E-state index contributed by atoms with van der Waals surface area (Å²) in [6.45, 7) is 9.62. The molecule has 1 amide bonds. The molecule has 0 heterocycles. The molecule has 164 valence electrons. The van der Waals surface area contributed by atoms with E-state index in [0.29, 0.717) is 12.2 Å². The van der Waals surface area contributed by atoms with Crippen LogP contribution in [-0.2, 0) is 14.8 Å². The minimum Gasteiger partial charge on any atom is -0.496 e. The molecule has 0 aliphatic carbocycles. The number of rotatable bonds is 9. The predicted molar refractivity (Wildman–Crippen MR) is 119 cm³/mol. The Hall–Kier alpha value is -2.38. The van der Waals surface area contributed by atoms with Crippen LogP contribution < -0.4 is 14.8 Å². The lowest BCUT2D eigenvalue weighted by Crippen LogP contribution is -2.47. The summed E-state index contributed by atoms with van der Waals surface area (Å²) in [4.78, 5) is 13.2. The van der Waals surface area contributed by atoms with Crippen molar-refractivity contribution >= 4 is 15.9 Å². The number of ether oxygens (including phenoxy) is 1. The maximum Gasteiger partial charge on any atom is 0.241 e. The zero-order valence-corrected chi connectivity index (χ0v) is 19.3. The fourth-order valence-corrected chi connectivity index (χ4v) is 4.45.